The molecule has 0 spiro atoms. The third-order valence-electron chi connectivity index (χ3n) is 4.54. The maximum Gasteiger partial charge on any atom is 0.289 e. The molecule has 2 aromatic rings. The molecule has 1 fully saturated rings. The molecule has 26 heavy (non-hydrogen) atoms. The zero-order valence-electron chi connectivity index (χ0n) is 14.1. The molecular formula is C17H20N4O4S. The summed E-state index contributed by atoms with van der Waals surface area (Å²) < 4.78 is 27.4. The van der Waals surface area contributed by atoms with Crippen molar-refractivity contribution in [2.75, 3.05) is 24.5 Å². The second-order valence-corrected chi connectivity index (χ2v) is 7.95. The van der Waals surface area contributed by atoms with E-state index in [1.165, 1.54) is 24.3 Å². The molecule has 0 amide bonds. The van der Waals surface area contributed by atoms with Gasteiger partial charge in [0.1, 0.15) is 0 Å². The fourth-order valence-corrected chi connectivity index (χ4v) is 4.36. The predicted octanol–water partition coefficient (Wildman–Crippen LogP) is 2.18. The summed E-state index contributed by atoms with van der Waals surface area (Å²) in [6, 6.07) is 9.28. The van der Waals surface area contributed by atoms with E-state index in [9.17, 15) is 18.5 Å². The van der Waals surface area contributed by atoms with Crippen molar-refractivity contribution in [1.82, 2.24) is 9.71 Å². The van der Waals surface area contributed by atoms with Gasteiger partial charge in [-0.15, -0.1) is 0 Å². The van der Waals surface area contributed by atoms with E-state index >= 15 is 0 Å². The van der Waals surface area contributed by atoms with E-state index < -0.39 is 20.6 Å². The van der Waals surface area contributed by atoms with E-state index in [0.29, 0.717) is 0 Å². The van der Waals surface area contributed by atoms with Gasteiger partial charge < -0.3 is 4.90 Å². The molecule has 1 aromatic carbocycles. The van der Waals surface area contributed by atoms with E-state index in [1.807, 2.05) is 18.3 Å². The van der Waals surface area contributed by atoms with E-state index in [1.54, 1.807) is 6.20 Å². The molecular weight excluding hydrogens is 356 g/mol. The normalized spacial score (nSPS) is 15.8. The molecule has 1 aromatic heterocycles. The van der Waals surface area contributed by atoms with Crippen LogP contribution in [0.1, 0.15) is 12.8 Å². The Kier molecular flexibility index (Phi) is 5.48. The summed E-state index contributed by atoms with van der Waals surface area (Å²) in [6.07, 6.45) is 5.23. The number of sulfonamides is 1. The summed E-state index contributed by atoms with van der Waals surface area (Å²) >= 11 is 0. The zero-order chi connectivity index (χ0) is 18.6. The SMILES string of the molecule is O=[N+]([O-])c1ccccc1S(=O)(=O)NCC1CCN(c2cccnc2)CC1. The largest absolute Gasteiger partial charge is 0.370 e. The van der Waals surface area contributed by atoms with Crippen LogP contribution in [0.25, 0.3) is 0 Å². The van der Waals surface area contributed by atoms with Crippen molar-refractivity contribution in [3.8, 4) is 0 Å². The van der Waals surface area contributed by atoms with Crippen LogP contribution in [-0.2, 0) is 10.0 Å². The lowest BCUT2D eigenvalue weighted by Gasteiger charge is -2.33. The minimum Gasteiger partial charge on any atom is -0.370 e. The number of benzene rings is 1. The molecule has 138 valence electrons. The summed E-state index contributed by atoms with van der Waals surface area (Å²) in [7, 11) is -3.92. The van der Waals surface area contributed by atoms with Crippen molar-refractivity contribution in [2.24, 2.45) is 5.92 Å². The van der Waals surface area contributed by atoms with Gasteiger partial charge in [0, 0.05) is 31.9 Å². The summed E-state index contributed by atoms with van der Waals surface area (Å²) in [5.41, 5.74) is 0.651. The number of nitro benzene ring substituents is 1. The number of hydrogen-bond acceptors (Lipinski definition) is 6. The number of pyridine rings is 1. The lowest BCUT2D eigenvalue weighted by Crippen LogP contribution is -2.38. The van der Waals surface area contributed by atoms with Gasteiger partial charge in [-0.2, -0.15) is 0 Å². The Morgan fingerprint density at radius 2 is 1.92 bits per heavy atom. The summed E-state index contributed by atoms with van der Waals surface area (Å²) in [4.78, 5) is 16.4. The summed E-state index contributed by atoms with van der Waals surface area (Å²) in [5, 5.41) is 11.0. The lowest BCUT2D eigenvalue weighted by atomic mass is 9.97. The molecule has 1 saturated heterocycles. The number of nitrogens with one attached hydrogen (secondary N) is 1. The van der Waals surface area contributed by atoms with Gasteiger partial charge in [-0.25, -0.2) is 13.1 Å². The molecule has 0 bridgehead atoms. The number of para-hydroxylation sites is 1. The number of rotatable bonds is 6. The van der Waals surface area contributed by atoms with Crippen LogP contribution >= 0.6 is 0 Å². The first kappa shape index (κ1) is 18.3. The van der Waals surface area contributed by atoms with Crippen LogP contribution in [0.3, 0.4) is 0 Å². The fraction of sp³-hybridized carbons (Fsp3) is 0.353. The molecule has 0 atom stereocenters. The maximum atomic E-state index is 12.5. The smallest absolute Gasteiger partial charge is 0.289 e. The Morgan fingerprint density at radius 3 is 2.58 bits per heavy atom. The van der Waals surface area contributed by atoms with Crippen LogP contribution in [0.2, 0.25) is 0 Å². The number of aromatic nitrogens is 1. The number of nitrogens with zero attached hydrogens (tertiary/aromatic N) is 3. The highest BCUT2D eigenvalue weighted by molar-refractivity contribution is 7.89. The third-order valence-corrected chi connectivity index (χ3v) is 6.01. The van der Waals surface area contributed by atoms with Gasteiger partial charge in [0.05, 0.1) is 16.8 Å². The van der Waals surface area contributed by atoms with Gasteiger partial charge in [-0.3, -0.25) is 15.1 Å². The topological polar surface area (TPSA) is 105 Å². The molecule has 1 N–H and O–H groups in total. The van der Waals surface area contributed by atoms with E-state index in [0.717, 1.165) is 31.6 Å². The predicted molar refractivity (Wildman–Crippen MR) is 97.5 cm³/mol. The standard InChI is InChI=1S/C17H20N4O4S/c22-21(23)16-5-1-2-6-17(16)26(24,25)19-12-14-7-10-20(11-8-14)15-4-3-9-18-13-15/h1-6,9,13-14,19H,7-8,10-12H2. The summed E-state index contributed by atoms with van der Waals surface area (Å²) in [6.45, 7) is 1.92. The van der Waals surface area contributed by atoms with Crippen molar-refractivity contribution < 1.29 is 13.3 Å². The highest BCUT2D eigenvalue weighted by Gasteiger charge is 2.27. The van der Waals surface area contributed by atoms with Crippen LogP contribution in [0, 0.1) is 16.0 Å². The monoisotopic (exact) mass is 376 g/mol. The number of hydrogen-bond donors (Lipinski definition) is 1. The molecule has 9 heteroatoms. The molecule has 2 heterocycles. The average Bonchev–Trinajstić information content (AvgIpc) is 2.67. The van der Waals surface area contributed by atoms with Crippen LogP contribution in [-0.4, -0.2) is 38.0 Å². The molecule has 0 aliphatic carbocycles. The van der Waals surface area contributed by atoms with Crippen LogP contribution in [0.4, 0.5) is 11.4 Å². The van der Waals surface area contributed by atoms with Gasteiger partial charge >= 0.3 is 0 Å². The number of anilines is 1. The molecule has 1 aliphatic rings. The minimum atomic E-state index is -3.92. The van der Waals surface area contributed by atoms with Crippen molar-refractivity contribution in [3.05, 3.63) is 58.9 Å². The quantitative estimate of drug-likeness (QED) is 0.612. The van der Waals surface area contributed by atoms with E-state index in [4.69, 9.17) is 0 Å². The van der Waals surface area contributed by atoms with Gasteiger partial charge in [0.25, 0.3) is 5.69 Å². The van der Waals surface area contributed by atoms with Gasteiger partial charge in [0.2, 0.25) is 10.0 Å². The Hall–Kier alpha value is -2.52. The van der Waals surface area contributed by atoms with E-state index in [2.05, 4.69) is 14.6 Å². The fourth-order valence-electron chi connectivity index (χ4n) is 3.08. The Balaban J connectivity index is 1.59. The molecule has 0 radical (unpaired) electrons. The maximum absolute atomic E-state index is 12.5. The highest BCUT2D eigenvalue weighted by atomic mass is 32.2. The molecule has 0 unspecified atom stereocenters. The van der Waals surface area contributed by atoms with Crippen LogP contribution in [0.5, 0.6) is 0 Å². The van der Waals surface area contributed by atoms with Crippen molar-refractivity contribution in [3.63, 3.8) is 0 Å². The first-order valence-electron chi connectivity index (χ1n) is 8.35. The molecule has 1 aliphatic heterocycles. The first-order chi connectivity index (χ1) is 12.5. The zero-order valence-corrected chi connectivity index (χ0v) is 14.9. The minimum absolute atomic E-state index is 0.195. The van der Waals surface area contributed by atoms with E-state index in [-0.39, 0.29) is 17.4 Å². The number of piperidine rings is 1. The second-order valence-electron chi connectivity index (χ2n) is 6.22. The lowest BCUT2D eigenvalue weighted by molar-refractivity contribution is -0.387. The van der Waals surface area contributed by atoms with Gasteiger partial charge in [0.15, 0.2) is 4.90 Å². The molecule has 8 nitrogen and oxygen atoms in total. The van der Waals surface area contributed by atoms with Crippen molar-refractivity contribution in [2.45, 2.75) is 17.7 Å². The Morgan fingerprint density at radius 1 is 1.19 bits per heavy atom. The van der Waals surface area contributed by atoms with Crippen molar-refractivity contribution in [1.29, 1.82) is 0 Å². The first-order valence-corrected chi connectivity index (χ1v) is 9.84. The van der Waals surface area contributed by atoms with Crippen molar-refractivity contribution >= 4 is 21.4 Å². The van der Waals surface area contributed by atoms with Crippen LogP contribution in [0.15, 0.2) is 53.7 Å². The Bertz CT molecular complexity index is 865. The number of nitro groups is 1. The average molecular weight is 376 g/mol. The van der Waals surface area contributed by atoms with Gasteiger partial charge in [-0.1, -0.05) is 12.1 Å². The Labute approximate surface area is 152 Å². The van der Waals surface area contributed by atoms with Gasteiger partial charge in [-0.05, 0) is 37.0 Å². The second kappa shape index (κ2) is 7.79. The summed E-state index contributed by atoms with van der Waals surface area (Å²) in [5.74, 6) is 0.195. The molecule has 0 saturated carbocycles. The highest BCUT2D eigenvalue weighted by Crippen LogP contribution is 2.25. The van der Waals surface area contributed by atoms with Crippen LogP contribution < -0.4 is 9.62 Å². The third kappa shape index (κ3) is 4.17. The molecule has 3 rings (SSSR count).